The largest absolute Gasteiger partial charge is 0.289 e. The number of nitrogens with zero attached hydrogens (tertiary/aromatic N) is 1. The molecule has 2 aliphatic heterocycles. The highest BCUT2D eigenvalue weighted by molar-refractivity contribution is 5.30. The lowest BCUT2D eigenvalue weighted by Crippen LogP contribution is -2.48. The van der Waals surface area contributed by atoms with Gasteiger partial charge in [0.1, 0.15) is 0 Å². The van der Waals surface area contributed by atoms with Gasteiger partial charge < -0.3 is 0 Å². The Morgan fingerprint density at radius 1 is 0.821 bits per heavy atom. The number of piperidine rings is 1. The minimum atomic E-state index is -2.11. The molecule has 1 fully saturated rings. The Morgan fingerprint density at radius 2 is 1.46 bits per heavy atom. The zero-order valence-corrected chi connectivity index (χ0v) is 15.2. The maximum absolute atomic E-state index is 14.1. The van der Waals surface area contributed by atoms with Gasteiger partial charge in [-0.05, 0) is 31.2 Å². The van der Waals surface area contributed by atoms with Gasteiger partial charge in [0.15, 0.2) is 23.3 Å². The Kier molecular flexibility index (Phi) is 5.23. The van der Waals surface area contributed by atoms with Gasteiger partial charge in [-0.3, -0.25) is 4.90 Å². The fourth-order valence-electron chi connectivity index (χ4n) is 4.41. The lowest BCUT2D eigenvalue weighted by Gasteiger charge is -2.45. The summed E-state index contributed by atoms with van der Waals surface area (Å²) >= 11 is 0. The summed E-state index contributed by atoms with van der Waals surface area (Å²) in [5.74, 6) is -9.32. The van der Waals surface area contributed by atoms with Crippen LogP contribution in [0.5, 0.6) is 0 Å². The Morgan fingerprint density at radius 3 is 2.11 bits per heavy atom. The van der Waals surface area contributed by atoms with Gasteiger partial charge in [0.2, 0.25) is 5.82 Å². The molecule has 148 valence electrons. The van der Waals surface area contributed by atoms with Gasteiger partial charge >= 0.3 is 0 Å². The van der Waals surface area contributed by atoms with E-state index in [0.717, 1.165) is 31.4 Å². The average molecular weight is 393 g/mol. The van der Waals surface area contributed by atoms with Gasteiger partial charge in [0, 0.05) is 24.2 Å². The van der Waals surface area contributed by atoms with Gasteiger partial charge in [-0.15, -0.1) is 0 Å². The Hall–Kier alpha value is -2.21. The van der Waals surface area contributed by atoms with Crippen LogP contribution in [-0.2, 0) is 13.0 Å². The van der Waals surface area contributed by atoms with Crippen LogP contribution in [0.3, 0.4) is 0 Å². The highest BCUT2D eigenvalue weighted by atomic mass is 19.2. The number of benzene rings is 2. The summed E-state index contributed by atoms with van der Waals surface area (Å²) in [6.07, 6.45) is 5.21. The predicted octanol–water partition coefficient (Wildman–Crippen LogP) is 5.68. The van der Waals surface area contributed by atoms with E-state index in [1.54, 1.807) is 0 Å². The second-order valence-corrected chi connectivity index (χ2v) is 7.56. The maximum Gasteiger partial charge on any atom is 0.200 e. The van der Waals surface area contributed by atoms with E-state index in [1.807, 2.05) is 24.3 Å². The molecule has 2 bridgehead atoms. The first-order valence-electron chi connectivity index (χ1n) is 9.45. The molecule has 2 unspecified atom stereocenters. The van der Waals surface area contributed by atoms with Crippen LogP contribution >= 0.6 is 0 Å². The lowest BCUT2D eigenvalue weighted by atomic mass is 9.82. The third kappa shape index (κ3) is 3.46. The van der Waals surface area contributed by atoms with Crippen LogP contribution in [0.4, 0.5) is 22.0 Å². The van der Waals surface area contributed by atoms with Crippen molar-refractivity contribution in [2.24, 2.45) is 0 Å². The van der Waals surface area contributed by atoms with Crippen LogP contribution in [0, 0.1) is 29.1 Å². The fraction of sp³-hybridized carbons (Fsp3) is 0.364. The Bertz CT molecular complexity index is 880. The summed E-state index contributed by atoms with van der Waals surface area (Å²) in [5, 5.41) is 0. The molecule has 0 amide bonds. The Labute approximate surface area is 160 Å². The molecule has 28 heavy (non-hydrogen) atoms. The molecule has 0 aromatic heterocycles. The minimum Gasteiger partial charge on any atom is -0.289 e. The topological polar surface area (TPSA) is 3.24 Å². The summed E-state index contributed by atoms with van der Waals surface area (Å²) in [4.78, 5) is 2.38. The van der Waals surface area contributed by atoms with Gasteiger partial charge in [-0.25, -0.2) is 22.0 Å². The van der Waals surface area contributed by atoms with E-state index >= 15 is 0 Å². The summed E-state index contributed by atoms with van der Waals surface area (Å²) in [7, 11) is 0. The van der Waals surface area contributed by atoms with E-state index < -0.39 is 34.6 Å². The molecule has 0 saturated carbocycles. The van der Waals surface area contributed by atoms with E-state index in [0.29, 0.717) is 6.42 Å². The molecule has 0 spiro atoms. The smallest absolute Gasteiger partial charge is 0.200 e. The van der Waals surface area contributed by atoms with E-state index in [9.17, 15) is 22.0 Å². The van der Waals surface area contributed by atoms with Crippen LogP contribution in [-0.4, -0.2) is 17.0 Å². The van der Waals surface area contributed by atoms with Crippen molar-refractivity contribution < 1.29 is 22.0 Å². The van der Waals surface area contributed by atoms with E-state index in [2.05, 4.69) is 17.0 Å². The summed E-state index contributed by atoms with van der Waals surface area (Å²) in [5.41, 5.74) is 1.19. The molecule has 1 saturated heterocycles. The normalized spacial score (nSPS) is 22.2. The molecular formula is C22H20F5N. The van der Waals surface area contributed by atoms with Crippen molar-refractivity contribution in [1.82, 2.24) is 4.90 Å². The third-order valence-corrected chi connectivity index (χ3v) is 5.77. The number of fused-ring (bicyclic) bond motifs is 2. The summed E-state index contributed by atoms with van der Waals surface area (Å²) in [6.45, 7) is 0.780. The molecule has 2 aromatic rings. The third-order valence-electron chi connectivity index (χ3n) is 5.77. The van der Waals surface area contributed by atoms with Crippen LogP contribution in [0.25, 0.3) is 0 Å². The van der Waals surface area contributed by atoms with Crippen molar-refractivity contribution in [3.05, 3.63) is 82.2 Å². The van der Waals surface area contributed by atoms with Crippen molar-refractivity contribution in [3.8, 4) is 0 Å². The molecule has 2 atom stereocenters. The highest BCUT2D eigenvalue weighted by Gasteiger charge is 2.35. The van der Waals surface area contributed by atoms with Gasteiger partial charge in [-0.2, -0.15) is 0 Å². The van der Waals surface area contributed by atoms with Crippen LogP contribution in [0.15, 0.2) is 42.0 Å². The number of hydrogen-bond acceptors (Lipinski definition) is 1. The van der Waals surface area contributed by atoms with Crippen molar-refractivity contribution >= 4 is 0 Å². The molecule has 4 rings (SSSR count). The monoisotopic (exact) mass is 393 g/mol. The SMILES string of the molecule is Fc1c(F)c(F)c(CC2=CC3CCCC(C2)N3Cc2ccccc2)c(F)c1F. The van der Waals surface area contributed by atoms with E-state index in [1.165, 1.54) is 5.56 Å². The zero-order chi connectivity index (χ0) is 19.8. The summed E-state index contributed by atoms with van der Waals surface area (Å²) in [6, 6.07) is 10.4. The van der Waals surface area contributed by atoms with Gasteiger partial charge in [-0.1, -0.05) is 48.4 Å². The number of rotatable bonds is 4. The predicted molar refractivity (Wildman–Crippen MR) is 96.0 cm³/mol. The second kappa shape index (κ2) is 7.66. The van der Waals surface area contributed by atoms with Crippen molar-refractivity contribution in [1.29, 1.82) is 0 Å². The highest BCUT2D eigenvalue weighted by Crippen LogP contribution is 2.36. The maximum atomic E-state index is 14.1. The molecule has 2 heterocycles. The van der Waals surface area contributed by atoms with Crippen LogP contribution in [0.2, 0.25) is 0 Å². The number of halogens is 5. The van der Waals surface area contributed by atoms with E-state index in [4.69, 9.17) is 0 Å². The lowest BCUT2D eigenvalue weighted by molar-refractivity contribution is 0.0879. The average Bonchev–Trinajstić information content (AvgIpc) is 2.69. The quantitative estimate of drug-likeness (QED) is 0.280. The number of hydrogen-bond donors (Lipinski definition) is 0. The van der Waals surface area contributed by atoms with E-state index in [-0.39, 0.29) is 18.5 Å². The molecule has 1 nitrogen and oxygen atoms in total. The molecule has 0 N–H and O–H groups in total. The second-order valence-electron chi connectivity index (χ2n) is 7.56. The van der Waals surface area contributed by atoms with Gasteiger partial charge in [0.05, 0.1) is 0 Å². The fourth-order valence-corrected chi connectivity index (χ4v) is 4.41. The minimum absolute atomic E-state index is 0.115. The zero-order valence-electron chi connectivity index (χ0n) is 15.2. The standard InChI is InChI=1S/C22H20F5N/c23-18-17(19(24)21(26)22(27)20(18)25)11-14-9-15-7-4-8-16(10-14)28(15)12-13-5-2-1-3-6-13/h1-3,5-6,9,15-16H,4,7-8,10-12H2. The molecule has 0 radical (unpaired) electrons. The van der Waals surface area contributed by atoms with Crippen molar-refractivity contribution in [3.63, 3.8) is 0 Å². The van der Waals surface area contributed by atoms with Crippen LogP contribution < -0.4 is 0 Å². The first-order valence-corrected chi connectivity index (χ1v) is 9.45. The van der Waals surface area contributed by atoms with Crippen LogP contribution in [0.1, 0.15) is 36.8 Å². The molecule has 2 aliphatic rings. The van der Waals surface area contributed by atoms with Crippen molar-refractivity contribution in [2.45, 2.75) is 50.7 Å². The first-order chi connectivity index (χ1) is 13.5. The van der Waals surface area contributed by atoms with Crippen molar-refractivity contribution in [2.75, 3.05) is 0 Å². The Balaban J connectivity index is 1.60. The molecule has 6 heteroatoms. The first kappa shape index (κ1) is 19.1. The molecule has 0 aliphatic carbocycles. The van der Waals surface area contributed by atoms with Gasteiger partial charge in [0.25, 0.3) is 0 Å². The molecular weight excluding hydrogens is 373 g/mol. The molecule has 2 aromatic carbocycles. The summed E-state index contributed by atoms with van der Waals surface area (Å²) < 4.78 is 68.4.